The first-order valence-electron chi connectivity index (χ1n) is 36.2. The monoisotopic (exact) mass is 1600 g/mol. The van der Waals surface area contributed by atoms with Gasteiger partial charge < -0.3 is 81.2 Å². The van der Waals surface area contributed by atoms with Crippen molar-refractivity contribution in [1.82, 2.24) is 19.6 Å². The van der Waals surface area contributed by atoms with Crippen LogP contribution < -0.4 is 0 Å². The number of esters is 10. The summed E-state index contributed by atoms with van der Waals surface area (Å²) in [6, 6.07) is 0. The molecule has 27 nitrogen and oxygen atoms in total. The predicted octanol–water partition coefficient (Wildman–Crippen LogP) is 7.53. The van der Waals surface area contributed by atoms with E-state index < -0.39 is 23.9 Å². The molecule has 6 atom stereocenters. The van der Waals surface area contributed by atoms with Gasteiger partial charge in [-0.2, -0.15) is 70.6 Å². The van der Waals surface area contributed by atoms with Gasteiger partial charge in [-0.15, -0.1) is 0 Å². The minimum atomic E-state index is -0.513. The van der Waals surface area contributed by atoms with Crippen molar-refractivity contribution >= 4 is 130 Å². The summed E-state index contributed by atoms with van der Waals surface area (Å²) >= 11 is 9.45. The Bertz CT molecular complexity index is 2250. The second-order valence-electron chi connectivity index (χ2n) is 25.2. The number of unbranched alkanes of at least 4 members (excludes halogenated alkanes) is 1. The molecule has 0 aromatic carbocycles. The van der Waals surface area contributed by atoms with Crippen LogP contribution in [0.15, 0.2) is 0 Å². The van der Waals surface area contributed by atoms with Crippen LogP contribution >= 0.6 is 70.6 Å². The molecule has 0 aromatic heterocycles. The quantitative estimate of drug-likeness (QED) is 0.0246. The lowest BCUT2D eigenvalue weighted by molar-refractivity contribution is -0.154. The van der Waals surface area contributed by atoms with Gasteiger partial charge in [-0.1, -0.05) is 41.5 Å². The molecule has 0 fully saturated rings. The molecule has 606 valence electrons. The highest BCUT2D eigenvalue weighted by Crippen LogP contribution is 2.14. The minimum absolute atomic E-state index is 0.0223. The van der Waals surface area contributed by atoms with Crippen LogP contribution in [0.1, 0.15) is 106 Å². The summed E-state index contributed by atoms with van der Waals surface area (Å²) in [7, 11) is 0. The normalized spacial score (nSPS) is 13.2. The van der Waals surface area contributed by atoms with E-state index in [2.05, 4.69) is 21.6 Å². The lowest BCUT2D eigenvalue weighted by Crippen LogP contribution is -2.35. The Hall–Kier alpha value is -3.48. The van der Waals surface area contributed by atoms with Gasteiger partial charge in [0.2, 0.25) is 0 Å². The van der Waals surface area contributed by atoms with Gasteiger partial charge in [0.1, 0.15) is 72.9 Å². The van der Waals surface area contributed by atoms with Gasteiger partial charge in [0, 0.05) is 74.6 Å². The summed E-state index contributed by atoms with van der Waals surface area (Å²) in [5.41, 5.74) is 0. The number of carbonyl (C=O) groups is 10. The summed E-state index contributed by atoms with van der Waals surface area (Å²) in [5.74, 6) is -1.07. The third kappa shape index (κ3) is 58.5. The van der Waals surface area contributed by atoms with Crippen LogP contribution in [0, 0.1) is 35.5 Å². The van der Waals surface area contributed by atoms with E-state index in [1.54, 1.807) is 51.2 Å². The number of thioether (sulfide) groups is 6. The number of carbonyl (C=O) groups excluding carboxylic acids is 10. The van der Waals surface area contributed by atoms with Crippen molar-refractivity contribution in [2.45, 2.75) is 106 Å². The van der Waals surface area contributed by atoms with E-state index in [0.717, 1.165) is 5.75 Å². The van der Waals surface area contributed by atoms with Crippen molar-refractivity contribution in [3.63, 3.8) is 0 Å². The smallest absolute Gasteiger partial charge is 0.309 e. The fourth-order valence-electron chi connectivity index (χ4n) is 9.76. The third-order valence-corrected chi connectivity index (χ3v) is 20.5. The zero-order chi connectivity index (χ0) is 77.4. The van der Waals surface area contributed by atoms with Crippen molar-refractivity contribution in [3.8, 4) is 0 Å². The molecule has 0 heterocycles. The predicted molar refractivity (Wildman–Crippen MR) is 414 cm³/mol. The average Bonchev–Trinajstić information content (AvgIpc) is 1.08. The number of ether oxygens (including phenoxy) is 13. The van der Waals surface area contributed by atoms with Gasteiger partial charge in [-0.3, -0.25) is 47.9 Å². The molecule has 0 aromatic rings. The highest BCUT2D eigenvalue weighted by Gasteiger charge is 2.22. The largest absolute Gasteiger partial charge is 0.463 e. The molecule has 0 saturated heterocycles. The van der Waals surface area contributed by atoms with Crippen LogP contribution in [0.2, 0.25) is 0 Å². The van der Waals surface area contributed by atoms with Crippen molar-refractivity contribution in [3.05, 3.63) is 0 Å². The highest BCUT2D eigenvalue weighted by atomic mass is 32.2. The van der Waals surface area contributed by atoms with Gasteiger partial charge in [-0.25, -0.2) is 0 Å². The van der Waals surface area contributed by atoms with Gasteiger partial charge in [0.05, 0.1) is 81.5 Å². The molecular formula is C71H128N4O23S6. The van der Waals surface area contributed by atoms with Crippen LogP contribution in [0.3, 0.4) is 0 Å². The Morgan fingerprint density at radius 2 is 0.481 bits per heavy atom. The van der Waals surface area contributed by atoms with Gasteiger partial charge in [0.25, 0.3) is 0 Å². The van der Waals surface area contributed by atoms with Crippen molar-refractivity contribution < 1.29 is 110 Å². The molecule has 0 bridgehead atoms. The molecule has 0 radical (unpaired) electrons. The fourth-order valence-corrected chi connectivity index (χ4v) is 13.6. The van der Waals surface area contributed by atoms with E-state index in [1.165, 1.54) is 47.0 Å². The SMILES string of the molecule is CSCC(C)COCOCCOC(=O)CCN(CCCOCCOC(=O)C(C)CSC)CCCN(CCCCN(CCCN(CCC(=O)OCCOC(=O)C(C)CSC)CCC(=O)OCCOC(=O)C(C)CSC)CCC(=O)OCCOC(=O)C(C)CSC)CCC(=O)OCCOC(=O)C(C)CSC. The first kappa shape index (κ1) is 101. The molecular weight excluding hydrogens is 1470 g/mol. The maximum atomic E-state index is 13.2. The first-order valence-corrected chi connectivity index (χ1v) is 44.6. The van der Waals surface area contributed by atoms with Crippen molar-refractivity contribution in [1.29, 1.82) is 0 Å². The number of rotatable bonds is 71. The Morgan fingerprint density at radius 1 is 0.250 bits per heavy atom. The molecule has 0 amide bonds. The summed E-state index contributed by atoms with van der Waals surface area (Å²) < 4.78 is 71.0. The summed E-state index contributed by atoms with van der Waals surface area (Å²) in [6.07, 6.45) is 15.0. The lowest BCUT2D eigenvalue weighted by atomic mass is 10.2. The minimum Gasteiger partial charge on any atom is -0.463 e. The standard InChI is InChI=1S/C71H128N4O23S6/c1-56(49-99-7)48-88-55-87-37-38-89-62(76)20-32-74(29-17-35-86-36-39-94-67(81)57(2)50-100-8)27-15-25-72(30-18-63(77)90-40-44-95-68(82)58(3)51-101-9)23-13-14-24-73(31-19-64(78)91-41-45-96-69(83)59(4)52-102-10)26-16-28-75(33-21-65(79)92-42-46-97-70(84)60(5)53-103-11)34-22-66(80)93-43-47-98-71(85)61(6)54-104-12/h56-61H,13-55H2,1-12H3. The van der Waals surface area contributed by atoms with Crippen LogP contribution in [0.4, 0.5) is 0 Å². The van der Waals surface area contributed by atoms with E-state index in [0.29, 0.717) is 145 Å². The molecule has 0 spiro atoms. The van der Waals surface area contributed by atoms with E-state index >= 15 is 0 Å². The van der Waals surface area contributed by atoms with Crippen LogP contribution in [-0.4, -0.2) is 329 Å². The molecule has 0 rings (SSSR count). The van der Waals surface area contributed by atoms with Crippen molar-refractivity contribution in [2.75, 3.05) is 250 Å². The van der Waals surface area contributed by atoms with Crippen LogP contribution in [0.25, 0.3) is 0 Å². The van der Waals surface area contributed by atoms with Gasteiger partial charge in [0.15, 0.2) is 0 Å². The Balaban J connectivity index is 6.56. The summed E-state index contributed by atoms with van der Waals surface area (Å²) in [4.78, 5) is 136. The van der Waals surface area contributed by atoms with E-state index in [1.807, 2.05) is 49.4 Å². The lowest BCUT2D eigenvalue weighted by Gasteiger charge is -2.27. The maximum absolute atomic E-state index is 13.2. The third-order valence-electron chi connectivity index (χ3n) is 15.5. The molecule has 0 aliphatic heterocycles. The van der Waals surface area contributed by atoms with Gasteiger partial charge >= 0.3 is 59.7 Å². The molecule has 6 unspecified atom stereocenters. The maximum Gasteiger partial charge on any atom is 0.309 e. The van der Waals surface area contributed by atoms with E-state index in [4.69, 9.17) is 61.6 Å². The first-order chi connectivity index (χ1) is 50.0. The summed E-state index contributed by atoms with van der Waals surface area (Å²) in [6.45, 7) is 17.5. The van der Waals surface area contributed by atoms with Crippen LogP contribution in [0.5, 0.6) is 0 Å². The Kier molecular flexibility index (Phi) is 66.5. The van der Waals surface area contributed by atoms with Crippen molar-refractivity contribution in [2.24, 2.45) is 35.5 Å². The second-order valence-corrected chi connectivity index (χ2v) is 30.6. The molecule has 33 heteroatoms. The van der Waals surface area contributed by atoms with Crippen LogP contribution in [-0.2, 0) is 110 Å². The Morgan fingerprint density at radius 3 is 0.769 bits per heavy atom. The molecule has 104 heavy (non-hydrogen) atoms. The van der Waals surface area contributed by atoms with E-state index in [9.17, 15) is 47.9 Å². The molecule has 0 N–H and O–H groups in total. The fraction of sp³-hybridized carbons (Fsp3) is 0.859. The zero-order valence-electron chi connectivity index (χ0n) is 64.5. The average molecular weight is 1600 g/mol. The Labute approximate surface area is 646 Å². The molecule has 0 saturated carbocycles. The zero-order valence-corrected chi connectivity index (χ0v) is 69.4. The number of nitrogens with zero attached hydrogens (tertiary/aromatic N) is 4. The van der Waals surface area contributed by atoms with Gasteiger partial charge in [-0.05, 0) is 121 Å². The molecule has 0 aliphatic rings. The highest BCUT2D eigenvalue weighted by molar-refractivity contribution is 7.99. The molecule has 0 aliphatic carbocycles. The number of hydrogen-bond acceptors (Lipinski definition) is 33. The summed E-state index contributed by atoms with van der Waals surface area (Å²) in [5, 5.41) is 0. The second kappa shape index (κ2) is 68.8. The number of hydrogen-bond donors (Lipinski definition) is 0. The van der Waals surface area contributed by atoms with E-state index in [-0.39, 0.29) is 197 Å². The topological polar surface area (TPSA) is 304 Å².